The zero-order chi connectivity index (χ0) is 13.8. The average Bonchev–Trinajstić information content (AvgIpc) is 2.37. The van der Waals surface area contributed by atoms with Crippen molar-refractivity contribution in [3.63, 3.8) is 0 Å². The number of nitrogens with zero attached hydrogens (tertiary/aromatic N) is 3. The number of anilines is 2. The number of rotatable bonds is 4. The van der Waals surface area contributed by atoms with Crippen LogP contribution in [0, 0.1) is 17.0 Å². The van der Waals surface area contributed by atoms with Gasteiger partial charge in [0.2, 0.25) is 5.95 Å². The molecule has 2 aromatic rings. The first kappa shape index (κ1) is 12.7. The standard InChI is InChI=1S/C12H13N5O2/c1-8-9(3-2-4-10(8)17(18)19)7-15-11-5-6-14-12(13)16-11/h2-6H,7H2,1H3,(H3,13,14,15,16). The zero-order valence-corrected chi connectivity index (χ0v) is 10.3. The molecule has 0 spiro atoms. The largest absolute Gasteiger partial charge is 0.368 e. The van der Waals surface area contributed by atoms with Gasteiger partial charge in [0.05, 0.1) is 4.92 Å². The third-order valence-electron chi connectivity index (χ3n) is 2.75. The lowest BCUT2D eigenvalue weighted by Crippen LogP contribution is -2.06. The van der Waals surface area contributed by atoms with E-state index in [1.54, 1.807) is 25.3 Å². The molecule has 0 fully saturated rings. The maximum absolute atomic E-state index is 10.8. The first-order valence-corrected chi connectivity index (χ1v) is 5.63. The van der Waals surface area contributed by atoms with E-state index in [0.29, 0.717) is 17.9 Å². The number of nitro groups is 1. The Hall–Kier alpha value is -2.70. The number of hydrogen-bond acceptors (Lipinski definition) is 6. The van der Waals surface area contributed by atoms with Gasteiger partial charge in [-0.25, -0.2) is 4.98 Å². The lowest BCUT2D eigenvalue weighted by molar-refractivity contribution is -0.385. The van der Waals surface area contributed by atoms with Gasteiger partial charge >= 0.3 is 0 Å². The van der Waals surface area contributed by atoms with Crippen molar-refractivity contribution in [1.82, 2.24) is 9.97 Å². The maximum Gasteiger partial charge on any atom is 0.272 e. The van der Waals surface area contributed by atoms with Crippen molar-refractivity contribution >= 4 is 17.5 Å². The smallest absolute Gasteiger partial charge is 0.272 e. The Labute approximate surface area is 109 Å². The van der Waals surface area contributed by atoms with E-state index in [4.69, 9.17) is 5.73 Å². The number of nitrogen functional groups attached to an aromatic ring is 1. The van der Waals surface area contributed by atoms with E-state index in [1.807, 2.05) is 6.07 Å². The monoisotopic (exact) mass is 259 g/mol. The van der Waals surface area contributed by atoms with Gasteiger partial charge in [-0.2, -0.15) is 4.98 Å². The summed E-state index contributed by atoms with van der Waals surface area (Å²) in [6.45, 7) is 2.16. The van der Waals surface area contributed by atoms with Crippen LogP contribution in [0.1, 0.15) is 11.1 Å². The molecule has 98 valence electrons. The molecule has 0 saturated heterocycles. The van der Waals surface area contributed by atoms with Crippen molar-refractivity contribution in [2.24, 2.45) is 0 Å². The van der Waals surface area contributed by atoms with Crippen LogP contribution in [0.25, 0.3) is 0 Å². The van der Waals surface area contributed by atoms with Crippen molar-refractivity contribution in [2.45, 2.75) is 13.5 Å². The number of benzene rings is 1. The lowest BCUT2D eigenvalue weighted by atomic mass is 10.1. The zero-order valence-electron chi connectivity index (χ0n) is 10.3. The van der Waals surface area contributed by atoms with Crippen LogP contribution in [0.3, 0.4) is 0 Å². The quantitative estimate of drug-likeness (QED) is 0.641. The molecule has 3 N–H and O–H groups in total. The van der Waals surface area contributed by atoms with E-state index in [1.165, 1.54) is 6.07 Å². The minimum absolute atomic E-state index is 0.113. The van der Waals surface area contributed by atoms with Crippen LogP contribution < -0.4 is 11.1 Å². The molecule has 7 heteroatoms. The number of nitro benzene ring substituents is 1. The molecule has 19 heavy (non-hydrogen) atoms. The van der Waals surface area contributed by atoms with E-state index >= 15 is 0 Å². The second kappa shape index (κ2) is 5.30. The van der Waals surface area contributed by atoms with Crippen molar-refractivity contribution in [3.8, 4) is 0 Å². The first-order chi connectivity index (χ1) is 9.08. The molecular weight excluding hydrogens is 246 g/mol. The second-order valence-electron chi connectivity index (χ2n) is 3.97. The SMILES string of the molecule is Cc1c(CNc2ccnc(N)n2)cccc1[N+](=O)[O-]. The summed E-state index contributed by atoms with van der Waals surface area (Å²) in [4.78, 5) is 18.2. The summed E-state index contributed by atoms with van der Waals surface area (Å²) in [7, 11) is 0. The van der Waals surface area contributed by atoms with E-state index in [2.05, 4.69) is 15.3 Å². The molecule has 7 nitrogen and oxygen atoms in total. The van der Waals surface area contributed by atoms with E-state index in [0.717, 1.165) is 5.56 Å². The third-order valence-corrected chi connectivity index (χ3v) is 2.75. The molecule has 0 unspecified atom stereocenters. The Balaban J connectivity index is 2.16. The molecule has 0 aliphatic heterocycles. The summed E-state index contributed by atoms with van der Waals surface area (Å²) in [5.41, 5.74) is 7.06. The first-order valence-electron chi connectivity index (χ1n) is 5.63. The van der Waals surface area contributed by atoms with Crippen molar-refractivity contribution < 1.29 is 4.92 Å². The Morgan fingerprint density at radius 2 is 2.21 bits per heavy atom. The number of nitrogens with one attached hydrogen (secondary N) is 1. The van der Waals surface area contributed by atoms with Crippen LogP contribution >= 0.6 is 0 Å². The molecule has 1 aromatic carbocycles. The van der Waals surface area contributed by atoms with E-state index in [9.17, 15) is 10.1 Å². The summed E-state index contributed by atoms with van der Waals surface area (Å²) in [6.07, 6.45) is 1.55. The van der Waals surface area contributed by atoms with Crippen molar-refractivity contribution in [2.75, 3.05) is 11.1 Å². The van der Waals surface area contributed by atoms with Crippen LogP contribution in [-0.2, 0) is 6.54 Å². The molecule has 2 rings (SSSR count). The predicted octanol–water partition coefficient (Wildman–Crippen LogP) is 1.89. The highest BCUT2D eigenvalue weighted by atomic mass is 16.6. The Kier molecular flexibility index (Phi) is 3.56. The third kappa shape index (κ3) is 2.95. The van der Waals surface area contributed by atoms with Gasteiger partial charge in [0.1, 0.15) is 5.82 Å². The molecule has 0 aliphatic rings. The van der Waals surface area contributed by atoms with Crippen LogP contribution in [0.4, 0.5) is 17.5 Å². The van der Waals surface area contributed by atoms with Crippen LogP contribution in [0.15, 0.2) is 30.5 Å². The minimum Gasteiger partial charge on any atom is -0.368 e. The van der Waals surface area contributed by atoms with Crippen LogP contribution in [0.5, 0.6) is 0 Å². The second-order valence-corrected chi connectivity index (χ2v) is 3.97. The number of nitrogens with two attached hydrogens (primary N) is 1. The van der Waals surface area contributed by atoms with Crippen LogP contribution in [0.2, 0.25) is 0 Å². The number of aromatic nitrogens is 2. The van der Waals surface area contributed by atoms with Gasteiger partial charge in [-0.15, -0.1) is 0 Å². The summed E-state index contributed by atoms with van der Waals surface area (Å²) in [6, 6.07) is 6.67. The van der Waals surface area contributed by atoms with E-state index in [-0.39, 0.29) is 16.6 Å². The van der Waals surface area contributed by atoms with Crippen molar-refractivity contribution in [1.29, 1.82) is 0 Å². The Morgan fingerprint density at radius 1 is 1.42 bits per heavy atom. The molecule has 0 saturated carbocycles. The van der Waals surface area contributed by atoms with Gasteiger partial charge in [-0.3, -0.25) is 10.1 Å². The van der Waals surface area contributed by atoms with Gasteiger partial charge in [0.15, 0.2) is 0 Å². The lowest BCUT2D eigenvalue weighted by Gasteiger charge is -2.08. The topological polar surface area (TPSA) is 107 Å². The summed E-state index contributed by atoms with van der Waals surface area (Å²) in [5.74, 6) is 0.763. The molecule has 0 amide bonds. The fourth-order valence-electron chi connectivity index (χ4n) is 1.72. The maximum atomic E-state index is 10.8. The average molecular weight is 259 g/mol. The Bertz CT molecular complexity index is 615. The minimum atomic E-state index is -0.387. The van der Waals surface area contributed by atoms with E-state index < -0.39 is 0 Å². The molecule has 0 atom stereocenters. The van der Waals surface area contributed by atoms with Crippen molar-refractivity contribution in [3.05, 3.63) is 51.7 Å². The van der Waals surface area contributed by atoms with Gasteiger partial charge in [-0.05, 0) is 18.6 Å². The van der Waals surface area contributed by atoms with Gasteiger partial charge in [-0.1, -0.05) is 12.1 Å². The summed E-state index contributed by atoms with van der Waals surface area (Å²) >= 11 is 0. The normalized spacial score (nSPS) is 10.2. The van der Waals surface area contributed by atoms with Gasteiger partial charge in [0.25, 0.3) is 5.69 Å². The van der Waals surface area contributed by atoms with Gasteiger partial charge in [0, 0.05) is 24.4 Å². The fraction of sp³-hybridized carbons (Fsp3) is 0.167. The van der Waals surface area contributed by atoms with Crippen LogP contribution in [-0.4, -0.2) is 14.9 Å². The summed E-state index contributed by atoms with van der Waals surface area (Å²) < 4.78 is 0. The molecule has 1 heterocycles. The summed E-state index contributed by atoms with van der Waals surface area (Å²) in [5, 5.41) is 13.9. The number of hydrogen-bond donors (Lipinski definition) is 2. The van der Waals surface area contributed by atoms with Gasteiger partial charge < -0.3 is 11.1 Å². The molecule has 0 bridgehead atoms. The predicted molar refractivity (Wildman–Crippen MR) is 71.6 cm³/mol. The Morgan fingerprint density at radius 3 is 2.89 bits per heavy atom. The molecular formula is C12H13N5O2. The molecule has 0 aliphatic carbocycles. The highest BCUT2D eigenvalue weighted by molar-refractivity contribution is 5.46. The molecule has 1 aromatic heterocycles. The molecule has 0 radical (unpaired) electrons. The highest BCUT2D eigenvalue weighted by Gasteiger charge is 2.12. The highest BCUT2D eigenvalue weighted by Crippen LogP contribution is 2.21. The fourth-order valence-corrected chi connectivity index (χ4v) is 1.72.